The average molecular weight is 359 g/mol. The lowest BCUT2D eigenvalue weighted by atomic mass is 10.2. The molecule has 0 bridgehead atoms. The molecule has 0 radical (unpaired) electrons. The smallest absolute Gasteiger partial charge is 0.128 e. The van der Waals surface area contributed by atoms with E-state index in [1.54, 1.807) is 0 Å². The summed E-state index contributed by atoms with van der Waals surface area (Å²) >= 11 is 0. The summed E-state index contributed by atoms with van der Waals surface area (Å²) in [6, 6.07) is 15.1. The van der Waals surface area contributed by atoms with Crippen molar-refractivity contribution in [3.05, 3.63) is 54.9 Å². The zero-order valence-corrected chi connectivity index (χ0v) is 15.6. The highest BCUT2D eigenvalue weighted by atomic mass is 15.3. The second-order valence-corrected chi connectivity index (χ2v) is 7.44. The van der Waals surface area contributed by atoms with Crippen molar-refractivity contribution in [2.75, 3.05) is 36.0 Å². The maximum absolute atomic E-state index is 4.70. The van der Waals surface area contributed by atoms with Crippen molar-refractivity contribution in [2.24, 2.45) is 0 Å². The fourth-order valence-corrected chi connectivity index (χ4v) is 4.18. The van der Waals surface area contributed by atoms with Crippen molar-refractivity contribution >= 4 is 11.5 Å². The molecule has 0 atom stereocenters. The van der Waals surface area contributed by atoms with Crippen molar-refractivity contribution in [3.8, 4) is 16.9 Å². The van der Waals surface area contributed by atoms with Crippen LogP contribution in [-0.4, -0.2) is 40.9 Å². The highest BCUT2D eigenvalue weighted by Crippen LogP contribution is 2.26. The number of hydrogen-bond donors (Lipinski definition) is 0. The molecule has 0 amide bonds. The van der Waals surface area contributed by atoms with Crippen LogP contribution in [0.2, 0.25) is 0 Å². The average Bonchev–Trinajstić information content (AvgIpc) is 3.51. The molecule has 2 saturated heterocycles. The van der Waals surface area contributed by atoms with Crippen LogP contribution >= 0.6 is 0 Å². The van der Waals surface area contributed by atoms with Crippen LogP contribution in [0.4, 0.5) is 11.5 Å². The first-order chi connectivity index (χ1) is 13.4. The van der Waals surface area contributed by atoms with Crippen molar-refractivity contribution in [3.63, 3.8) is 0 Å². The molecule has 0 aliphatic carbocycles. The summed E-state index contributed by atoms with van der Waals surface area (Å²) in [6.45, 7) is 4.57. The minimum atomic E-state index is 1.07. The number of rotatable bonds is 4. The fraction of sp³-hybridized carbons (Fsp3) is 0.364. The van der Waals surface area contributed by atoms with Crippen molar-refractivity contribution in [1.82, 2.24) is 14.8 Å². The van der Waals surface area contributed by atoms with Crippen LogP contribution in [0.3, 0.4) is 0 Å². The number of anilines is 2. The Hall–Kier alpha value is -2.82. The third-order valence-corrected chi connectivity index (χ3v) is 5.68. The van der Waals surface area contributed by atoms with Gasteiger partial charge in [0.15, 0.2) is 0 Å². The molecule has 2 aliphatic heterocycles. The van der Waals surface area contributed by atoms with Crippen LogP contribution in [-0.2, 0) is 0 Å². The molecule has 4 heterocycles. The second kappa shape index (κ2) is 7.06. The van der Waals surface area contributed by atoms with E-state index in [0.29, 0.717) is 0 Å². The first-order valence-corrected chi connectivity index (χ1v) is 9.99. The molecule has 5 rings (SSSR count). The molecule has 27 heavy (non-hydrogen) atoms. The quantitative estimate of drug-likeness (QED) is 0.702. The Morgan fingerprint density at radius 1 is 0.667 bits per heavy atom. The van der Waals surface area contributed by atoms with Crippen LogP contribution < -0.4 is 9.80 Å². The second-order valence-electron chi connectivity index (χ2n) is 7.44. The Kier molecular flexibility index (Phi) is 4.28. The monoisotopic (exact) mass is 359 g/mol. The van der Waals surface area contributed by atoms with Gasteiger partial charge < -0.3 is 9.80 Å². The lowest BCUT2D eigenvalue weighted by molar-refractivity contribution is 0.884. The maximum atomic E-state index is 4.70. The predicted octanol–water partition coefficient (Wildman–Crippen LogP) is 4.13. The highest BCUT2D eigenvalue weighted by molar-refractivity contribution is 5.63. The molecule has 5 nitrogen and oxygen atoms in total. The largest absolute Gasteiger partial charge is 0.372 e. The van der Waals surface area contributed by atoms with E-state index in [2.05, 4.69) is 57.4 Å². The lowest BCUT2D eigenvalue weighted by Crippen LogP contribution is -2.18. The Balaban J connectivity index is 1.40. The van der Waals surface area contributed by atoms with E-state index in [0.717, 1.165) is 35.9 Å². The summed E-state index contributed by atoms with van der Waals surface area (Å²) in [5, 5.41) is 4.55. The van der Waals surface area contributed by atoms with Crippen LogP contribution in [0.5, 0.6) is 0 Å². The van der Waals surface area contributed by atoms with Crippen LogP contribution in [0.15, 0.2) is 54.9 Å². The summed E-state index contributed by atoms with van der Waals surface area (Å²) < 4.78 is 2.00. The number of aromatic nitrogens is 3. The van der Waals surface area contributed by atoms with Crippen molar-refractivity contribution < 1.29 is 0 Å². The molecular formula is C22H25N5. The molecule has 0 unspecified atom stereocenters. The first-order valence-electron chi connectivity index (χ1n) is 9.99. The van der Waals surface area contributed by atoms with Crippen LogP contribution in [0.1, 0.15) is 25.7 Å². The van der Waals surface area contributed by atoms with Gasteiger partial charge >= 0.3 is 0 Å². The molecule has 0 spiro atoms. The van der Waals surface area contributed by atoms with E-state index >= 15 is 0 Å². The minimum absolute atomic E-state index is 1.07. The molecule has 1 aromatic carbocycles. The number of hydrogen-bond acceptors (Lipinski definition) is 4. The molecule has 0 saturated carbocycles. The van der Waals surface area contributed by atoms with E-state index in [-0.39, 0.29) is 0 Å². The molecule has 0 N–H and O–H groups in total. The van der Waals surface area contributed by atoms with Gasteiger partial charge in [0, 0.05) is 43.6 Å². The zero-order chi connectivity index (χ0) is 18.1. The van der Waals surface area contributed by atoms with Gasteiger partial charge in [0.25, 0.3) is 0 Å². The Bertz CT molecular complexity index is 811. The predicted molar refractivity (Wildman–Crippen MR) is 110 cm³/mol. The summed E-state index contributed by atoms with van der Waals surface area (Å²) in [6.07, 6.45) is 8.96. The molecule has 2 aromatic heterocycles. The van der Waals surface area contributed by atoms with Gasteiger partial charge in [-0.3, -0.25) is 0 Å². The topological polar surface area (TPSA) is 37.2 Å². The van der Waals surface area contributed by atoms with Gasteiger partial charge in [-0.25, -0.2) is 9.67 Å². The third kappa shape index (κ3) is 3.18. The third-order valence-electron chi connectivity index (χ3n) is 5.68. The van der Waals surface area contributed by atoms with E-state index in [1.165, 1.54) is 44.5 Å². The molecule has 2 aliphatic rings. The van der Waals surface area contributed by atoms with Gasteiger partial charge in [-0.15, -0.1) is 0 Å². The highest BCUT2D eigenvalue weighted by Gasteiger charge is 2.15. The normalized spacial score (nSPS) is 17.0. The summed E-state index contributed by atoms with van der Waals surface area (Å²) in [4.78, 5) is 9.51. The van der Waals surface area contributed by atoms with Gasteiger partial charge in [-0.2, -0.15) is 5.10 Å². The van der Waals surface area contributed by atoms with Gasteiger partial charge in [-0.1, -0.05) is 0 Å². The summed E-state index contributed by atoms with van der Waals surface area (Å²) in [5.41, 5.74) is 4.56. The summed E-state index contributed by atoms with van der Waals surface area (Å²) in [5.74, 6) is 1.08. The van der Waals surface area contributed by atoms with Gasteiger partial charge in [0.2, 0.25) is 0 Å². The van der Waals surface area contributed by atoms with E-state index in [9.17, 15) is 0 Å². The molecule has 138 valence electrons. The van der Waals surface area contributed by atoms with E-state index in [1.807, 2.05) is 17.1 Å². The Morgan fingerprint density at radius 3 is 2.00 bits per heavy atom. The molecule has 5 heteroatoms. The zero-order valence-electron chi connectivity index (χ0n) is 15.6. The first kappa shape index (κ1) is 16.4. The van der Waals surface area contributed by atoms with Crippen molar-refractivity contribution in [2.45, 2.75) is 25.7 Å². The number of nitrogens with zero attached hydrogens (tertiary/aromatic N) is 5. The molecular weight excluding hydrogens is 334 g/mol. The van der Waals surface area contributed by atoms with Crippen LogP contribution in [0, 0.1) is 0 Å². The van der Waals surface area contributed by atoms with E-state index < -0.39 is 0 Å². The van der Waals surface area contributed by atoms with E-state index in [4.69, 9.17) is 4.98 Å². The number of benzene rings is 1. The lowest BCUT2D eigenvalue weighted by Gasteiger charge is -2.18. The van der Waals surface area contributed by atoms with Crippen molar-refractivity contribution in [1.29, 1.82) is 0 Å². The molecule has 3 aromatic rings. The number of pyridine rings is 1. The fourth-order valence-electron chi connectivity index (χ4n) is 4.18. The summed E-state index contributed by atoms with van der Waals surface area (Å²) in [7, 11) is 0. The van der Waals surface area contributed by atoms with Gasteiger partial charge in [-0.05, 0) is 68.1 Å². The maximum Gasteiger partial charge on any atom is 0.128 e. The Morgan fingerprint density at radius 2 is 1.33 bits per heavy atom. The standard InChI is InChI=1S/C22H25N5/c1-2-14-25(13-1)19-6-8-20(9-7-19)27-21(11-12-24-27)18-5-10-22(23-17-18)26-15-3-4-16-26/h5-12,17H,1-4,13-16H2. The van der Waals surface area contributed by atoms with Crippen LogP contribution in [0.25, 0.3) is 16.9 Å². The SMILES string of the molecule is c1cc(-c2ccc(N3CCCC3)nc2)n(-c2ccc(N3CCCC3)cc2)n1. The minimum Gasteiger partial charge on any atom is -0.372 e. The van der Waals surface area contributed by atoms with Gasteiger partial charge in [0.1, 0.15) is 5.82 Å². The Labute approximate surface area is 160 Å². The molecule has 2 fully saturated rings. The van der Waals surface area contributed by atoms with Gasteiger partial charge in [0.05, 0.1) is 17.6 Å².